The zero-order valence-corrected chi connectivity index (χ0v) is 17.8. The third-order valence-electron chi connectivity index (χ3n) is 4.79. The highest BCUT2D eigenvalue weighted by Crippen LogP contribution is 2.31. The summed E-state index contributed by atoms with van der Waals surface area (Å²) in [6, 6.07) is 30.9. The lowest BCUT2D eigenvalue weighted by atomic mass is 9.97. The second-order valence-corrected chi connectivity index (χ2v) is 7.79. The maximum Gasteiger partial charge on any atom is 0.323 e. The number of benzene rings is 3. The lowest BCUT2D eigenvalue weighted by Gasteiger charge is -2.32. The summed E-state index contributed by atoms with van der Waals surface area (Å²) in [5, 5.41) is 3.03. The van der Waals surface area contributed by atoms with Crippen molar-refractivity contribution in [1.82, 2.24) is 4.90 Å². The molecule has 0 atom stereocenters. The Kier molecular flexibility index (Phi) is 6.30. The molecule has 1 N–H and O–H groups in total. The molecule has 0 aliphatic carbocycles. The Balaban J connectivity index is 1.74. The van der Waals surface area contributed by atoms with Crippen LogP contribution in [0.4, 0.5) is 10.5 Å². The third-order valence-corrected chi connectivity index (χ3v) is 5.28. The molecule has 0 aliphatic rings. The number of hydrogen-bond donors (Lipinski definition) is 1. The summed E-state index contributed by atoms with van der Waals surface area (Å²) in [5.74, 6) is 0.719. The SMILES string of the molecule is O=C(Nc1cccc(Br)c1)N(Cc1ccco1)C(c1ccccc1)c1ccccc1. The molecule has 0 bridgehead atoms. The van der Waals surface area contributed by atoms with E-state index in [2.05, 4.69) is 21.2 Å². The van der Waals surface area contributed by atoms with Gasteiger partial charge in [-0.25, -0.2) is 4.79 Å². The standard InChI is InChI=1S/C25H21BrN2O2/c26-21-13-7-14-22(17-21)27-25(29)28(18-23-15-8-16-30-23)24(19-9-3-1-4-10-19)20-11-5-2-6-12-20/h1-17,24H,18H2,(H,27,29). The highest BCUT2D eigenvalue weighted by molar-refractivity contribution is 9.10. The smallest absolute Gasteiger partial charge is 0.323 e. The zero-order valence-electron chi connectivity index (χ0n) is 16.2. The maximum atomic E-state index is 13.5. The molecule has 0 saturated heterocycles. The molecule has 30 heavy (non-hydrogen) atoms. The number of halogens is 1. The van der Waals surface area contributed by atoms with Crippen LogP contribution in [0.3, 0.4) is 0 Å². The van der Waals surface area contributed by atoms with Crippen LogP contribution in [-0.2, 0) is 6.54 Å². The number of anilines is 1. The summed E-state index contributed by atoms with van der Waals surface area (Å²) in [6.45, 7) is 0.335. The fourth-order valence-electron chi connectivity index (χ4n) is 3.44. The van der Waals surface area contributed by atoms with Crippen molar-refractivity contribution >= 4 is 27.6 Å². The van der Waals surface area contributed by atoms with Gasteiger partial charge in [-0.15, -0.1) is 0 Å². The molecule has 0 fully saturated rings. The van der Waals surface area contributed by atoms with E-state index in [1.54, 1.807) is 11.2 Å². The van der Waals surface area contributed by atoms with Crippen molar-refractivity contribution in [2.75, 3.05) is 5.32 Å². The monoisotopic (exact) mass is 460 g/mol. The largest absolute Gasteiger partial charge is 0.467 e. The molecular formula is C25H21BrN2O2. The number of carbonyl (C=O) groups excluding carboxylic acids is 1. The van der Waals surface area contributed by atoms with Crippen LogP contribution in [0.1, 0.15) is 22.9 Å². The lowest BCUT2D eigenvalue weighted by molar-refractivity contribution is 0.188. The van der Waals surface area contributed by atoms with Gasteiger partial charge in [0.25, 0.3) is 0 Å². The quantitative estimate of drug-likeness (QED) is 0.341. The van der Waals surface area contributed by atoms with Crippen molar-refractivity contribution in [1.29, 1.82) is 0 Å². The molecule has 5 heteroatoms. The topological polar surface area (TPSA) is 45.5 Å². The summed E-state index contributed by atoms with van der Waals surface area (Å²) in [6.07, 6.45) is 1.62. The molecule has 0 unspecified atom stereocenters. The van der Waals surface area contributed by atoms with Gasteiger partial charge in [-0.05, 0) is 41.5 Å². The molecule has 4 aromatic rings. The number of rotatable bonds is 6. The summed E-state index contributed by atoms with van der Waals surface area (Å²) in [7, 11) is 0. The minimum Gasteiger partial charge on any atom is -0.467 e. The van der Waals surface area contributed by atoms with Crippen molar-refractivity contribution < 1.29 is 9.21 Å². The van der Waals surface area contributed by atoms with Crippen LogP contribution >= 0.6 is 15.9 Å². The van der Waals surface area contributed by atoms with Gasteiger partial charge in [0.15, 0.2) is 0 Å². The van der Waals surface area contributed by atoms with E-state index in [0.717, 1.165) is 27.0 Å². The van der Waals surface area contributed by atoms with Gasteiger partial charge < -0.3 is 14.6 Å². The minimum atomic E-state index is -0.273. The molecular weight excluding hydrogens is 440 g/mol. The van der Waals surface area contributed by atoms with E-state index >= 15 is 0 Å². The van der Waals surface area contributed by atoms with E-state index in [4.69, 9.17) is 4.42 Å². The number of hydrogen-bond acceptors (Lipinski definition) is 2. The second kappa shape index (κ2) is 9.46. The number of nitrogens with one attached hydrogen (secondary N) is 1. The minimum absolute atomic E-state index is 0.206. The molecule has 0 radical (unpaired) electrons. The first-order chi connectivity index (χ1) is 14.7. The van der Waals surface area contributed by atoms with E-state index in [0.29, 0.717) is 6.54 Å². The fourth-order valence-corrected chi connectivity index (χ4v) is 3.83. The Morgan fingerprint density at radius 2 is 1.53 bits per heavy atom. The Labute approximate surface area is 184 Å². The predicted octanol–water partition coefficient (Wildman–Crippen LogP) is 6.87. The molecule has 4 nitrogen and oxygen atoms in total. The molecule has 0 aliphatic heterocycles. The van der Waals surface area contributed by atoms with Crippen molar-refractivity contribution in [3.63, 3.8) is 0 Å². The third kappa shape index (κ3) is 4.81. The van der Waals surface area contributed by atoms with Crippen LogP contribution in [0.5, 0.6) is 0 Å². The number of nitrogens with zero attached hydrogens (tertiary/aromatic N) is 1. The van der Waals surface area contributed by atoms with E-state index in [9.17, 15) is 4.79 Å². The Bertz CT molecular complexity index is 1040. The number of amides is 2. The summed E-state index contributed by atoms with van der Waals surface area (Å²) >= 11 is 3.46. The first-order valence-corrected chi connectivity index (χ1v) is 10.5. The van der Waals surface area contributed by atoms with Gasteiger partial charge in [-0.1, -0.05) is 82.7 Å². The average molecular weight is 461 g/mol. The molecule has 2 amide bonds. The highest BCUT2D eigenvalue weighted by Gasteiger charge is 2.28. The highest BCUT2D eigenvalue weighted by atomic mass is 79.9. The normalized spacial score (nSPS) is 10.7. The van der Waals surface area contributed by atoms with E-state index in [-0.39, 0.29) is 12.1 Å². The van der Waals surface area contributed by atoms with Gasteiger partial charge >= 0.3 is 6.03 Å². The Morgan fingerprint density at radius 3 is 2.10 bits per heavy atom. The van der Waals surface area contributed by atoms with Gasteiger partial charge in [0, 0.05) is 10.2 Å². The molecule has 3 aromatic carbocycles. The molecule has 150 valence electrons. The van der Waals surface area contributed by atoms with Crippen LogP contribution in [0.15, 0.2) is 112 Å². The maximum absolute atomic E-state index is 13.5. The number of carbonyl (C=O) groups is 1. The van der Waals surface area contributed by atoms with Crippen LogP contribution in [0, 0.1) is 0 Å². The van der Waals surface area contributed by atoms with Gasteiger partial charge in [-0.2, -0.15) is 0 Å². The summed E-state index contributed by atoms with van der Waals surface area (Å²) in [5.41, 5.74) is 2.78. The van der Waals surface area contributed by atoms with Crippen molar-refractivity contribution in [2.24, 2.45) is 0 Å². The average Bonchev–Trinajstić information content (AvgIpc) is 3.28. The van der Waals surface area contributed by atoms with Crippen LogP contribution in [0.25, 0.3) is 0 Å². The van der Waals surface area contributed by atoms with Gasteiger partial charge in [0.1, 0.15) is 5.76 Å². The zero-order chi connectivity index (χ0) is 20.8. The first kappa shape index (κ1) is 20.0. The molecule has 0 saturated carbocycles. The van der Waals surface area contributed by atoms with E-state index in [1.807, 2.05) is 97.1 Å². The molecule has 1 heterocycles. The predicted molar refractivity (Wildman–Crippen MR) is 122 cm³/mol. The van der Waals surface area contributed by atoms with Crippen LogP contribution in [0.2, 0.25) is 0 Å². The summed E-state index contributed by atoms with van der Waals surface area (Å²) in [4.78, 5) is 15.3. The molecule has 0 spiro atoms. The Morgan fingerprint density at radius 1 is 0.867 bits per heavy atom. The lowest BCUT2D eigenvalue weighted by Crippen LogP contribution is -2.38. The van der Waals surface area contributed by atoms with Crippen molar-refractivity contribution in [3.05, 3.63) is 125 Å². The number of furan rings is 1. The van der Waals surface area contributed by atoms with Gasteiger partial charge in [0.2, 0.25) is 0 Å². The van der Waals surface area contributed by atoms with Crippen molar-refractivity contribution in [2.45, 2.75) is 12.6 Å². The fraction of sp³-hybridized carbons (Fsp3) is 0.0800. The van der Waals surface area contributed by atoms with Crippen molar-refractivity contribution in [3.8, 4) is 0 Å². The van der Waals surface area contributed by atoms with E-state index in [1.165, 1.54) is 0 Å². The Hall–Kier alpha value is -3.31. The summed E-state index contributed by atoms with van der Waals surface area (Å²) < 4.78 is 6.48. The van der Waals surface area contributed by atoms with E-state index < -0.39 is 0 Å². The molecule has 4 rings (SSSR count). The van der Waals surface area contributed by atoms with Crippen LogP contribution in [-0.4, -0.2) is 10.9 Å². The second-order valence-electron chi connectivity index (χ2n) is 6.87. The first-order valence-electron chi connectivity index (χ1n) is 9.66. The number of urea groups is 1. The van der Waals surface area contributed by atoms with Gasteiger partial charge in [0.05, 0.1) is 18.8 Å². The molecule has 1 aromatic heterocycles. The van der Waals surface area contributed by atoms with Crippen LogP contribution < -0.4 is 5.32 Å². The van der Waals surface area contributed by atoms with Gasteiger partial charge in [-0.3, -0.25) is 0 Å².